The van der Waals surface area contributed by atoms with Gasteiger partial charge in [0.15, 0.2) is 0 Å². The molecule has 0 saturated carbocycles. The van der Waals surface area contributed by atoms with Crippen LogP contribution in [0.15, 0.2) is 46.9 Å². The fourth-order valence-corrected chi connectivity index (χ4v) is 3.17. The molecule has 1 fully saturated rings. The maximum Gasteiger partial charge on any atom is 0.387 e. The molecule has 0 radical (unpaired) electrons. The third-order valence-corrected chi connectivity index (χ3v) is 4.59. The van der Waals surface area contributed by atoms with Crippen molar-refractivity contribution < 1.29 is 27.5 Å². The second kappa shape index (κ2) is 10.2. The van der Waals surface area contributed by atoms with E-state index < -0.39 is 6.61 Å². The second-order valence-electron chi connectivity index (χ2n) is 6.61. The van der Waals surface area contributed by atoms with Gasteiger partial charge in [-0.2, -0.15) is 8.78 Å². The van der Waals surface area contributed by atoms with Crippen LogP contribution in [0.3, 0.4) is 0 Å². The van der Waals surface area contributed by atoms with Gasteiger partial charge in [-0.25, -0.2) is 0 Å². The number of morpholine rings is 1. The van der Waals surface area contributed by atoms with Crippen molar-refractivity contribution in [2.75, 3.05) is 32.8 Å². The number of nitrogens with one attached hydrogen (secondary N) is 1. The molecule has 3 rings (SSSR count). The molecule has 29 heavy (non-hydrogen) atoms. The molecule has 1 aliphatic rings. The molecular formula is C21H24F2N2O4. The van der Waals surface area contributed by atoms with Crippen molar-refractivity contribution in [2.45, 2.75) is 19.6 Å². The van der Waals surface area contributed by atoms with Crippen LogP contribution in [-0.2, 0) is 9.53 Å². The zero-order valence-corrected chi connectivity index (χ0v) is 16.1. The third-order valence-electron chi connectivity index (χ3n) is 4.59. The van der Waals surface area contributed by atoms with Crippen LogP contribution in [-0.4, -0.2) is 50.3 Å². The lowest BCUT2D eigenvalue weighted by Crippen LogP contribution is -2.43. The van der Waals surface area contributed by atoms with Gasteiger partial charge in [-0.05, 0) is 31.2 Å². The predicted molar refractivity (Wildman–Crippen MR) is 104 cm³/mol. The second-order valence-corrected chi connectivity index (χ2v) is 6.61. The number of rotatable bonds is 8. The number of para-hydroxylation sites is 1. The SMILES string of the molecule is Cc1ccc(C(CNC(=O)/C=C/c2ccccc2OC(F)F)N2CCOCC2)o1. The van der Waals surface area contributed by atoms with E-state index in [2.05, 4.69) is 15.0 Å². The summed E-state index contributed by atoms with van der Waals surface area (Å²) in [5.74, 6) is 1.27. The van der Waals surface area contributed by atoms with Crippen molar-refractivity contribution in [3.63, 3.8) is 0 Å². The molecule has 0 spiro atoms. The van der Waals surface area contributed by atoms with Gasteiger partial charge < -0.3 is 19.2 Å². The van der Waals surface area contributed by atoms with Crippen molar-refractivity contribution in [2.24, 2.45) is 0 Å². The van der Waals surface area contributed by atoms with E-state index in [0.29, 0.717) is 25.3 Å². The van der Waals surface area contributed by atoms with E-state index in [1.807, 2.05) is 19.1 Å². The number of alkyl halides is 2. The highest BCUT2D eigenvalue weighted by Crippen LogP contribution is 2.24. The summed E-state index contributed by atoms with van der Waals surface area (Å²) in [6.07, 6.45) is 2.76. The third kappa shape index (κ3) is 6.13. The van der Waals surface area contributed by atoms with Gasteiger partial charge in [0.05, 0.1) is 19.3 Å². The summed E-state index contributed by atoms with van der Waals surface area (Å²) in [5.41, 5.74) is 0.398. The zero-order chi connectivity index (χ0) is 20.6. The normalized spacial score (nSPS) is 16.3. The Hall–Kier alpha value is -2.71. The summed E-state index contributed by atoms with van der Waals surface area (Å²) in [6, 6.07) is 10.00. The molecule has 1 N–H and O–H groups in total. The van der Waals surface area contributed by atoms with Crippen molar-refractivity contribution in [1.29, 1.82) is 0 Å². The Morgan fingerprint density at radius 2 is 2.00 bits per heavy atom. The Bertz CT molecular complexity index is 832. The fourth-order valence-electron chi connectivity index (χ4n) is 3.17. The average Bonchev–Trinajstić information content (AvgIpc) is 3.14. The molecule has 2 aromatic rings. The van der Waals surface area contributed by atoms with E-state index in [4.69, 9.17) is 9.15 Å². The highest BCUT2D eigenvalue weighted by Gasteiger charge is 2.25. The molecule has 156 valence electrons. The molecule has 1 aliphatic heterocycles. The van der Waals surface area contributed by atoms with Crippen LogP contribution >= 0.6 is 0 Å². The Kier molecular flexibility index (Phi) is 7.37. The van der Waals surface area contributed by atoms with Gasteiger partial charge in [-0.15, -0.1) is 0 Å². The van der Waals surface area contributed by atoms with Crippen LogP contribution < -0.4 is 10.1 Å². The number of hydrogen-bond donors (Lipinski definition) is 1. The number of nitrogens with zero attached hydrogens (tertiary/aromatic N) is 1. The van der Waals surface area contributed by atoms with Crippen molar-refractivity contribution in [3.8, 4) is 5.75 Å². The largest absolute Gasteiger partial charge is 0.465 e. The number of furan rings is 1. The van der Waals surface area contributed by atoms with E-state index in [1.165, 1.54) is 18.2 Å². The van der Waals surface area contributed by atoms with Crippen molar-refractivity contribution in [1.82, 2.24) is 10.2 Å². The molecule has 1 atom stereocenters. The maximum absolute atomic E-state index is 12.5. The molecule has 1 amide bonds. The van der Waals surface area contributed by atoms with Crippen LogP contribution in [0.2, 0.25) is 0 Å². The monoisotopic (exact) mass is 406 g/mol. The molecular weight excluding hydrogens is 382 g/mol. The Morgan fingerprint density at radius 1 is 1.24 bits per heavy atom. The van der Waals surface area contributed by atoms with Crippen LogP contribution in [0.1, 0.15) is 23.1 Å². The fraction of sp³-hybridized carbons (Fsp3) is 0.381. The quantitative estimate of drug-likeness (QED) is 0.681. The first-order valence-corrected chi connectivity index (χ1v) is 9.41. The molecule has 1 aromatic heterocycles. The molecule has 1 unspecified atom stereocenters. The molecule has 0 aliphatic carbocycles. The lowest BCUT2D eigenvalue weighted by Gasteiger charge is -2.33. The van der Waals surface area contributed by atoms with Gasteiger partial charge >= 0.3 is 6.61 Å². The first kappa shape index (κ1) is 21.0. The van der Waals surface area contributed by atoms with Gasteiger partial charge in [0.2, 0.25) is 5.91 Å². The molecule has 6 nitrogen and oxygen atoms in total. The van der Waals surface area contributed by atoms with Gasteiger partial charge in [0.1, 0.15) is 17.3 Å². The first-order valence-electron chi connectivity index (χ1n) is 9.41. The summed E-state index contributed by atoms with van der Waals surface area (Å²) in [4.78, 5) is 14.5. The molecule has 1 aromatic carbocycles. The summed E-state index contributed by atoms with van der Waals surface area (Å²) < 4.78 is 40.6. The van der Waals surface area contributed by atoms with Gasteiger partial charge in [0, 0.05) is 31.3 Å². The van der Waals surface area contributed by atoms with E-state index in [1.54, 1.807) is 18.2 Å². The molecule has 8 heteroatoms. The van der Waals surface area contributed by atoms with Gasteiger partial charge in [-0.3, -0.25) is 9.69 Å². The number of ether oxygens (including phenoxy) is 2. The van der Waals surface area contributed by atoms with Crippen LogP contribution in [0.4, 0.5) is 8.78 Å². The zero-order valence-electron chi connectivity index (χ0n) is 16.1. The van der Waals surface area contributed by atoms with E-state index in [9.17, 15) is 13.6 Å². The van der Waals surface area contributed by atoms with Gasteiger partial charge in [0.25, 0.3) is 0 Å². The minimum atomic E-state index is -2.93. The summed E-state index contributed by atoms with van der Waals surface area (Å²) in [6.45, 7) is 2.05. The number of halogens is 2. The Labute approximate surface area is 168 Å². The van der Waals surface area contributed by atoms with Crippen molar-refractivity contribution in [3.05, 3.63) is 59.6 Å². The number of benzene rings is 1. The number of hydrogen-bond acceptors (Lipinski definition) is 5. The highest BCUT2D eigenvalue weighted by atomic mass is 19.3. The summed E-state index contributed by atoms with van der Waals surface area (Å²) in [7, 11) is 0. The van der Waals surface area contributed by atoms with Crippen LogP contribution in [0.25, 0.3) is 6.08 Å². The topological polar surface area (TPSA) is 63.9 Å². The van der Waals surface area contributed by atoms with Crippen LogP contribution in [0.5, 0.6) is 5.75 Å². The standard InChI is InChI=1S/C21H24F2N2O4/c1-15-6-8-19(28-15)17(25-10-12-27-13-11-25)14-24-20(26)9-7-16-4-2-3-5-18(16)29-21(22)23/h2-9,17,21H,10-14H2,1H3,(H,24,26)/b9-7+. The van der Waals surface area contributed by atoms with E-state index >= 15 is 0 Å². The van der Waals surface area contributed by atoms with Gasteiger partial charge in [-0.1, -0.05) is 18.2 Å². The molecule has 0 bridgehead atoms. The lowest BCUT2D eigenvalue weighted by molar-refractivity contribution is -0.116. The van der Waals surface area contributed by atoms with E-state index in [0.717, 1.165) is 24.6 Å². The minimum Gasteiger partial charge on any atom is -0.465 e. The summed E-state index contributed by atoms with van der Waals surface area (Å²) >= 11 is 0. The van der Waals surface area contributed by atoms with Crippen molar-refractivity contribution >= 4 is 12.0 Å². The molecule has 1 saturated heterocycles. The number of carbonyl (C=O) groups excluding carboxylic acids is 1. The smallest absolute Gasteiger partial charge is 0.387 e. The number of amides is 1. The lowest BCUT2D eigenvalue weighted by atomic mass is 10.1. The first-order chi connectivity index (χ1) is 14.0. The Morgan fingerprint density at radius 3 is 2.69 bits per heavy atom. The summed E-state index contributed by atoms with van der Waals surface area (Å²) in [5, 5.41) is 2.86. The van der Waals surface area contributed by atoms with E-state index in [-0.39, 0.29) is 17.7 Å². The minimum absolute atomic E-state index is 0.0174. The molecule has 2 heterocycles. The van der Waals surface area contributed by atoms with Crippen LogP contribution in [0, 0.1) is 6.92 Å². The number of carbonyl (C=O) groups is 1. The number of aryl methyl sites for hydroxylation is 1. The average molecular weight is 406 g/mol. The maximum atomic E-state index is 12.5. The predicted octanol–water partition coefficient (Wildman–Crippen LogP) is 3.39. The Balaban J connectivity index is 1.63. The highest BCUT2D eigenvalue weighted by molar-refractivity contribution is 5.92.